The zero-order chi connectivity index (χ0) is 53.1. The summed E-state index contributed by atoms with van der Waals surface area (Å²) < 4.78 is 27.9. The molecule has 0 unspecified atom stereocenters. The summed E-state index contributed by atoms with van der Waals surface area (Å²) in [5.41, 5.74) is 16.0. The molecule has 3 nitrogen and oxygen atoms in total. The minimum Gasteiger partial charge on any atom is -0.332 e. The van der Waals surface area contributed by atoms with Crippen molar-refractivity contribution in [2.45, 2.75) is 72.5 Å². The molecular formula is C69H60FIrN3SSi-2. The van der Waals surface area contributed by atoms with Gasteiger partial charge in [0.25, 0.3) is 0 Å². The number of aryl methyl sites for hydroxylation is 1. The molecule has 1 radical (unpaired) electrons. The number of thiophene rings is 1. The number of halogens is 1. The molecule has 0 saturated heterocycles. The third kappa shape index (κ3) is 10.2. The van der Waals surface area contributed by atoms with E-state index in [1.54, 1.807) is 17.4 Å². The molecule has 9 aromatic carbocycles. The molecule has 0 aliphatic heterocycles. The zero-order valence-electron chi connectivity index (χ0n) is 45.4. The van der Waals surface area contributed by atoms with Crippen LogP contribution in [0.1, 0.15) is 58.6 Å². The summed E-state index contributed by atoms with van der Waals surface area (Å²) in [7, 11) is -1.57. The molecule has 0 amide bonds. The largest absolute Gasteiger partial charge is 0.332 e. The maximum Gasteiger partial charge on any atom is 0.123 e. The fourth-order valence-electron chi connectivity index (χ4n) is 10.3. The fraction of sp³-hybridized carbons (Fsp3) is 0.159. The van der Waals surface area contributed by atoms with Gasteiger partial charge in [-0.05, 0) is 115 Å². The number of imidazole rings is 1. The van der Waals surface area contributed by atoms with E-state index in [4.69, 9.17) is 11.3 Å². The average molecular weight is 1200 g/mol. The Bertz CT molecular complexity index is 4070. The first kappa shape index (κ1) is 51.0. The second-order valence-corrected chi connectivity index (χ2v) is 28.0. The Morgan fingerprint density at radius 1 is 0.658 bits per heavy atom. The number of fused-ring (bicyclic) bond motifs is 6. The Morgan fingerprint density at radius 2 is 1.29 bits per heavy atom. The van der Waals surface area contributed by atoms with Crippen molar-refractivity contribution in [3.8, 4) is 61.7 Å². The van der Waals surface area contributed by atoms with Crippen molar-refractivity contribution in [1.82, 2.24) is 14.5 Å². The molecule has 76 heavy (non-hydrogen) atoms. The summed E-state index contributed by atoms with van der Waals surface area (Å²) in [6, 6.07) is 71.6. The van der Waals surface area contributed by atoms with Gasteiger partial charge in [-0.15, -0.1) is 53.6 Å². The van der Waals surface area contributed by atoms with Gasteiger partial charge < -0.3 is 9.55 Å². The minimum atomic E-state index is -1.57. The molecule has 3 heterocycles. The summed E-state index contributed by atoms with van der Waals surface area (Å²) >= 11 is 1.79. The summed E-state index contributed by atoms with van der Waals surface area (Å²) in [6.45, 7) is 19.8. The van der Waals surface area contributed by atoms with Gasteiger partial charge in [-0.1, -0.05) is 186 Å². The molecule has 7 heteroatoms. The van der Waals surface area contributed by atoms with Crippen molar-refractivity contribution < 1.29 is 25.9 Å². The van der Waals surface area contributed by atoms with Gasteiger partial charge in [-0.25, -0.2) is 4.39 Å². The first-order valence-electron chi connectivity index (χ1n) is 26.2. The van der Waals surface area contributed by atoms with Gasteiger partial charge in [0, 0.05) is 48.9 Å². The standard InChI is InChI=1S/C46H34FN2S.C23H26NSi.Ir/c1-28-18-21-35-36-16-11-17-37(44(36)50-41(35)24-28)45-48-42-34-22-20-33(47)25-31(34)19-23-40(42)49(45)43-38(29-12-7-5-8-13-29)26-32(46(2,3)4)27-39(43)30-14-9-6-10-15-30;1-17(2)21-15-22(24-16-23(21)25(3,4)5)20-13-9-12-19(14-20)18-10-7-6-8-11-18;/h5-16,18-27H,1-4H3;6-12,14-17H,1-5H3;/q2*-1;/i;17D;. The topological polar surface area (TPSA) is 30.7 Å². The number of pyridine rings is 1. The fourth-order valence-corrected chi connectivity index (χ4v) is 13.1. The van der Waals surface area contributed by atoms with E-state index in [0.29, 0.717) is 0 Å². The molecule has 0 N–H and O–H groups in total. The first-order valence-corrected chi connectivity index (χ1v) is 30.1. The molecular weight excluding hydrogens is 1140 g/mol. The van der Waals surface area contributed by atoms with Crippen molar-refractivity contribution in [1.29, 1.82) is 0 Å². The van der Waals surface area contributed by atoms with Gasteiger partial charge in [-0.2, -0.15) is 11.3 Å². The van der Waals surface area contributed by atoms with Crippen LogP contribution in [-0.4, -0.2) is 22.6 Å². The molecule has 3 aromatic heterocycles. The van der Waals surface area contributed by atoms with Gasteiger partial charge in [0.2, 0.25) is 0 Å². The Kier molecular flexibility index (Phi) is 14.2. The van der Waals surface area contributed by atoms with Crippen molar-refractivity contribution in [2.75, 3.05) is 0 Å². The molecule has 0 spiro atoms. The molecule has 12 aromatic rings. The smallest absolute Gasteiger partial charge is 0.123 e. The Morgan fingerprint density at radius 3 is 1.92 bits per heavy atom. The maximum atomic E-state index is 14.5. The van der Waals surface area contributed by atoms with E-state index in [1.807, 2.05) is 62.5 Å². The third-order valence-corrected chi connectivity index (χ3v) is 17.4. The molecule has 0 saturated carbocycles. The predicted octanol–water partition coefficient (Wildman–Crippen LogP) is 19.0. The van der Waals surface area contributed by atoms with Gasteiger partial charge >= 0.3 is 0 Å². The van der Waals surface area contributed by atoms with Crippen molar-refractivity contribution in [2.24, 2.45) is 0 Å². The van der Waals surface area contributed by atoms with Gasteiger partial charge in [0.1, 0.15) is 5.82 Å². The van der Waals surface area contributed by atoms with Gasteiger partial charge in [-0.3, -0.25) is 4.98 Å². The number of hydrogen-bond donors (Lipinski definition) is 0. The van der Waals surface area contributed by atoms with Gasteiger partial charge in [0.05, 0.1) is 30.6 Å². The molecule has 0 bridgehead atoms. The number of aromatic nitrogens is 3. The average Bonchev–Trinajstić information content (AvgIpc) is 4.01. The SMILES string of the molecule is Cc1ccc2c(c1)sc1c(-c3nc4c5ccc(F)cc5ccc4n3-c3c(-c4ccccc4)cc(C(C)(C)C)cc3-c3ccccc3)[c-]ccc12.[2H]C(C)(C)c1cc(-c2[c-]ccc(-c3ccccc3)c2)ncc1[Si](C)(C)C.[Ir]. The van der Waals surface area contributed by atoms with Crippen LogP contribution in [0.25, 0.3) is 104 Å². The van der Waals surface area contributed by atoms with Crippen LogP contribution in [0.15, 0.2) is 194 Å². The van der Waals surface area contributed by atoms with Crippen LogP contribution in [0.5, 0.6) is 0 Å². The van der Waals surface area contributed by atoms with E-state index in [2.05, 4.69) is 197 Å². The van der Waals surface area contributed by atoms with E-state index in [-0.39, 0.29) is 31.3 Å². The number of benzene rings is 9. The normalized spacial score (nSPS) is 12.2. The molecule has 12 rings (SSSR count). The van der Waals surface area contributed by atoms with E-state index in [1.165, 1.54) is 43.4 Å². The van der Waals surface area contributed by atoms with Crippen LogP contribution in [0.4, 0.5) is 4.39 Å². The molecule has 379 valence electrons. The predicted molar refractivity (Wildman–Crippen MR) is 321 cm³/mol. The number of hydrogen-bond acceptors (Lipinski definition) is 3. The first-order chi connectivity index (χ1) is 36.4. The van der Waals surface area contributed by atoms with Crippen LogP contribution in [-0.2, 0) is 25.5 Å². The quantitative estimate of drug-likeness (QED) is 0.112. The molecule has 0 aliphatic carbocycles. The Hall–Kier alpha value is -7.12. The van der Waals surface area contributed by atoms with Crippen LogP contribution in [0, 0.1) is 24.9 Å². The van der Waals surface area contributed by atoms with E-state index in [0.717, 1.165) is 88.2 Å². The summed E-state index contributed by atoms with van der Waals surface area (Å²) in [4.78, 5) is 10.3. The second-order valence-electron chi connectivity index (χ2n) is 21.9. The van der Waals surface area contributed by atoms with Crippen LogP contribution in [0.3, 0.4) is 0 Å². The van der Waals surface area contributed by atoms with Crippen molar-refractivity contribution >= 4 is 66.6 Å². The molecule has 0 atom stereocenters. The zero-order valence-corrected chi connectivity index (χ0v) is 48.6. The van der Waals surface area contributed by atoms with E-state index >= 15 is 0 Å². The van der Waals surface area contributed by atoms with Crippen LogP contribution in [0.2, 0.25) is 19.6 Å². The van der Waals surface area contributed by atoms with Crippen molar-refractivity contribution in [3.63, 3.8) is 0 Å². The number of rotatable bonds is 8. The molecule has 0 aliphatic rings. The summed E-state index contributed by atoms with van der Waals surface area (Å²) in [6.07, 6.45) is 2.00. The monoisotopic (exact) mass is 1200 g/mol. The maximum absolute atomic E-state index is 14.5. The van der Waals surface area contributed by atoms with Crippen molar-refractivity contribution in [3.05, 3.63) is 229 Å². The third-order valence-electron chi connectivity index (χ3n) is 14.2. The Balaban J connectivity index is 0.000000211. The Labute approximate surface area is 467 Å². The van der Waals surface area contributed by atoms with Crippen LogP contribution >= 0.6 is 11.3 Å². The van der Waals surface area contributed by atoms with E-state index < -0.39 is 14.0 Å². The summed E-state index contributed by atoms with van der Waals surface area (Å²) in [5.74, 6) is -0.0982. The minimum absolute atomic E-state index is 0. The van der Waals surface area contributed by atoms with E-state index in [9.17, 15) is 4.39 Å². The molecule has 0 fully saturated rings. The number of nitrogens with zero attached hydrogens (tertiary/aromatic N) is 3. The van der Waals surface area contributed by atoms with Gasteiger partial charge in [0.15, 0.2) is 0 Å². The second kappa shape index (κ2) is 21.1. The van der Waals surface area contributed by atoms with Crippen LogP contribution < -0.4 is 5.19 Å². The summed E-state index contributed by atoms with van der Waals surface area (Å²) in [5, 5.41) is 5.43.